The second kappa shape index (κ2) is 6.81. The Morgan fingerprint density at radius 2 is 2.21 bits per heavy atom. The van der Waals surface area contributed by atoms with Crippen LogP contribution in [0.25, 0.3) is 0 Å². The molecule has 0 saturated carbocycles. The number of methoxy groups -OCH3 is 1. The summed E-state index contributed by atoms with van der Waals surface area (Å²) in [6, 6.07) is 3.37. The Hall–Kier alpha value is -2.08. The van der Waals surface area contributed by atoms with Gasteiger partial charge in [0.05, 0.1) is 12.7 Å². The highest BCUT2D eigenvalue weighted by atomic mass is 32.1. The Morgan fingerprint density at radius 3 is 2.83 bits per heavy atom. The molecule has 1 amide bonds. The lowest BCUT2D eigenvalue weighted by Crippen LogP contribution is -2.16. The number of carbonyl (C=O) groups excluding carboxylic acids is 2. The summed E-state index contributed by atoms with van der Waals surface area (Å²) in [7, 11) is 1.37. The number of furan rings is 1. The van der Waals surface area contributed by atoms with E-state index >= 15 is 0 Å². The Morgan fingerprint density at radius 1 is 1.42 bits per heavy atom. The van der Waals surface area contributed by atoms with Crippen molar-refractivity contribution in [1.29, 1.82) is 0 Å². The summed E-state index contributed by atoms with van der Waals surface area (Å²) in [6.45, 7) is 3.97. The van der Waals surface area contributed by atoms with Crippen LogP contribution in [-0.2, 0) is 17.6 Å². The van der Waals surface area contributed by atoms with Crippen LogP contribution < -0.4 is 5.32 Å². The molecule has 24 heavy (non-hydrogen) atoms. The molecule has 1 aliphatic carbocycles. The van der Waals surface area contributed by atoms with Crippen LogP contribution in [0, 0.1) is 12.8 Å². The fourth-order valence-corrected chi connectivity index (χ4v) is 4.48. The lowest BCUT2D eigenvalue weighted by Gasteiger charge is -2.20. The van der Waals surface area contributed by atoms with E-state index in [0.29, 0.717) is 22.2 Å². The van der Waals surface area contributed by atoms with Crippen molar-refractivity contribution in [3.05, 3.63) is 39.7 Å². The van der Waals surface area contributed by atoms with Crippen molar-refractivity contribution >= 4 is 28.2 Å². The van der Waals surface area contributed by atoms with Crippen LogP contribution in [0.3, 0.4) is 0 Å². The van der Waals surface area contributed by atoms with E-state index in [-0.39, 0.29) is 11.7 Å². The topological polar surface area (TPSA) is 68.5 Å². The second-order valence-corrected chi connectivity index (χ2v) is 7.19. The summed E-state index contributed by atoms with van der Waals surface area (Å²) in [4.78, 5) is 25.8. The van der Waals surface area contributed by atoms with Crippen LogP contribution in [0.1, 0.15) is 56.9 Å². The van der Waals surface area contributed by atoms with Gasteiger partial charge >= 0.3 is 5.97 Å². The number of aryl methyl sites for hydroxylation is 1. The summed E-state index contributed by atoms with van der Waals surface area (Å²) >= 11 is 1.48. The van der Waals surface area contributed by atoms with E-state index in [1.54, 1.807) is 19.1 Å². The molecular formula is C18H21NO4S. The standard InChI is InChI=1S/C18H21NO4S/c1-4-11-6-7-12-14(9-11)24-17(15(12)18(21)22-3)19-16(20)13-8-5-10(2)23-13/h5,8,11H,4,6-7,9H2,1-3H3,(H,19,20)/t11-/m1/s1. The molecule has 0 radical (unpaired) electrons. The van der Waals surface area contributed by atoms with Gasteiger partial charge in [-0.2, -0.15) is 0 Å². The molecule has 128 valence electrons. The number of anilines is 1. The molecule has 1 aliphatic rings. The van der Waals surface area contributed by atoms with Crippen LogP contribution in [0.4, 0.5) is 5.00 Å². The first-order valence-electron chi connectivity index (χ1n) is 8.14. The van der Waals surface area contributed by atoms with E-state index in [1.165, 1.54) is 23.3 Å². The van der Waals surface area contributed by atoms with Gasteiger partial charge in [0.15, 0.2) is 5.76 Å². The van der Waals surface area contributed by atoms with Gasteiger partial charge in [-0.3, -0.25) is 4.79 Å². The number of thiophene rings is 1. The van der Waals surface area contributed by atoms with Gasteiger partial charge in [0.1, 0.15) is 10.8 Å². The third-order valence-electron chi connectivity index (χ3n) is 4.53. The summed E-state index contributed by atoms with van der Waals surface area (Å²) in [5.74, 6) is 0.802. The lowest BCUT2D eigenvalue weighted by atomic mass is 9.86. The molecule has 0 unspecified atom stereocenters. The minimum Gasteiger partial charge on any atom is -0.465 e. The van der Waals surface area contributed by atoms with E-state index in [4.69, 9.17) is 9.15 Å². The van der Waals surface area contributed by atoms with Crippen molar-refractivity contribution in [2.75, 3.05) is 12.4 Å². The highest BCUT2D eigenvalue weighted by Crippen LogP contribution is 2.40. The number of carbonyl (C=O) groups is 2. The van der Waals surface area contributed by atoms with Crippen molar-refractivity contribution in [1.82, 2.24) is 0 Å². The van der Waals surface area contributed by atoms with Crippen molar-refractivity contribution in [3.63, 3.8) is 0 Å². The lowest BCUT2D eigenvalue weighted by molar-refractivity contribution is 0.0601. The normalized spacial score (nSPS) is 16.5. The second-order valence-electron chi connectivity index (χ2n) is 6.08. The fraction of sp³-hybridized carbons (Fsp3) is 0.444. The number of ether oxygens (including phenoxy) is 1. The third-order valence-corrected chi connectivity index (χ3v) is 5.70. The minimum atomic E-state index is -0.395. The smallest absolute Gasteiger partial charge is 0.341 e. The zero-order valence-electron chi connectivity index (χ0n) is 14.1. The summed E-state index contributed by atoms with van der Waals surface area (Å²) in [5, 5.41) is 3.39. The van der Waals surface area contributed by atoms with E-state index in [0.717, 1.165) is 31.2 Å². The van der Waals surface area contributed by atoms with Gasteiger partial charge in [-0.15, -0.1) is 11.3 Å². The number of fused-ring (bicyclic) bond motifs is 1. The van der Waals surface area contributed by atoms with Crippen molar-refractivity contribution in [3.8, 4) is 0 Å². The molecule has 0 aromatic carbocycles. The molecule has 0 bridgehead atoms. The zero-order chi connectivity index (χ0) is 17.3. The molecule has 0 aliphatic heterocycles. The van der Waals surface area contributed by atoms with Crippen LogP contribution in [0.5, 0.6) is 0 Å². The van der Waals surface area contributed by atoms with Crippen molar-refractivity contribution in [2.45, 2.75) is 39.5 Å². The molecule has 3 rings (SSSR count). The van der Waals surface area contributed by atoms with E-state index in [2.05, 4.69) is 12.2 Å². The average Bonchev–Trinajstić information content (AvgIpc) is 3.16. The van der Waals surface area contributed by atoms with Crippen molar-refractivity contribution in [2.24, 2.45) is 5.92 Å². The molecule has 5 nitrogen and oxygen atoms in total. The van der Waals surface area contributed by atoms with Crippen molar-refractivity contribution < 1.29 is 18.7 Å². The number of hydrogen-bond acceptors (Lipinski definition) is 5. The van der Waals surface area contributed by atoms with Crippen LogP contribution in [-0.4, -0.2) is 19.0 Å². The monoisotopic (exact) mass is 347 g/mol. The first-order chi connectivity index (χ1) is 11.5. The van der Waals surface area contributed by atoms with Crippen LogP contribution >= 0.6 is 11.3 Å². The average molecular weight is 347 g/mol. The molecule has 2 aromatic heterocycles. The first kappa shape index (κ1) is 16.8. The summed E-state index contributed by atoms with van der Waals surface area (Å²) < 4.78 is 10.3. The van der Waals surface area contributed by atoms with Gasteiger partial charge < -0.3 is 14.5 Å². The van der Waals surface area contributed by atoms with Gasteiger partial charge in [-0.05, 0) is 49.8 Å². The van der Waals surface area contributed by atoms with Crippen LogP contribution in [0.2, 0.25) is 0 Å². The van der Waals surface area contributed by atoms with E-state index in [1.807, 2.05) is 0 Å². The van der Waals surface area contributed by atoms with Crippen LogP contribution in [0.15, 0.2) is 16.5 Å². The minimum absolute atomic E-state index is 0.237. The summed E-state index contributed by atoms with van der Waals surface area (Å²) in [6.07, 6.45) is 3.99. The molecule has 0 saturated heterocycles. The molecule has 2 heterocycles. The zero-order valence-corrected chi connectivity index (χ0v) is 14.9. The Kier molecular flexibility index (Phi) is 4.76. The SMILES string of the molecule is CC[C@@H]1CCc2c(sc(NC(=O)c3ccc(C)o3)c2C(=O)OC)C1. The third kappa shape index (κ3) is 3.11. The number of hydrogen-bond donors (Lipinski definition) is 1. The van der Waals surface area contributed by atoms with Gasteiger partial charge in [0.2, 0.25) is 0 Å². The quantitative estimate of drug-likeness (QED) is 0.842. The maximum absolute atomic E-state index is 12.4. The Labute approximate surface area is 145 Å². The molecule has 1 atom stereocenters. The molecule has 0 fully saturated rings. The maximum atomic E-state index is 12.4. The highest BCUT2D eigenvalue weighted by Gasteiger charge is 2.30. The van der Waals surface area contributed by atoms with E-state index < -0.39 is 5.97 Å². The van der Waals surface area contributed by atoms with Gasteiger partial charge in [0.25, 0.3) is 5.91 Å². The van der Waals surface area contributed by atoms with Gasteiger partial charge in [-0.25, -0.2) is 4.79 Å². The molecular weight excluding hydrogens is 326 g/mol. The van der Waals surface area contributed by atoms with E-state index in [9.17, 15) is 9.59 Å². The predicted molar refractivity (Wildman–Crippen MR) is 92.9 cm³/mol. The van der Waals surface area contributed by atoms with Gasteiger partial charge in [0, 0.05) is 4.88 Å². The molecule has 6 heteroatoms. The Bertz CT molecular complexity index is 774. The molecule has 0 spiro atoms. The Balaban J connectivity index is 1.93. The maximum Gasteiger partial charge on any atom is 0.341 e. The predicted octanol–water partition coefficient (Wildman–Crippen LogP) is 4.20. The fourth-order valence-electron chi connectivity index (χ4n) is 3.13. The molecule has 1 N–H and O–H groups in total. The molecule has 2 aromatic rings. The number of nitrogens with one attached hydrogen (secondary N) is 1. The summed E-state index contributed by atoms with van der Waals surface area (Å²) in [5.41, 5.74) is 1.53. The number of amides is 1. The highest BCUT2D eigenvalue weighted by molar-refractivity contribution is 7.17. The van der Waals surface area contributed by atoms with Gasteiger partial charge in [-0.1, -0.05) is 13.3 Å². The number of rotatable bonds is 4. The largest absolute Gasteiger partial charge is 0.465 e. The first-order valence-corrected chi connectivity index (χ1v) is 8.95. The number of esters is 1.